The lowest BCUT2D eigenvalue weighted by molar-refractivity contribution is -0.120. The van der Waals surface area contributed by atoms with Gasteiger partial charge in [-0.25, -0.2) is 0 Å². The van der Waals surface area contributed by atoms with E-state index in [4.69, 9.17) is 5.73 Å². The van der Waals surface area contributed by atoms with Crippen LogP contribution in [-0.2, 0) is 4.79 Å². The molecule has 1 atom stereocenters. The molecule has 0 fully saturated rings. The van der Waals surface area contributed by atoms with Crippen LogP contribution in [0.1, 0.15) is 40.0 Å². The Morgan fingerprint density at radius 1 is 1.33 bits per heavy atom. The highest BCUT2D eigenvalue weighted by atomic mass is 16.1. The summed E-state index contributed by atoms with van der Waals surface area (Å²) in [4.78, 5) is 11.2. The minimum atomic E-state index is 0.380. The number of carbonyl (C=O) groups excluding carboxylic acids is 1. The molecule has 2 nitrogen and oxygen atoms in total. The number of nitrogens with two attached hydrogens (primary N) is 1. The fourth-order valence-corrected chi connectivity index (χ4v) is 1.08. The smallest absolute Gasteiger partial charge is 0.133 e. The zero-order valence-corrected chi connectivity index (χ0v) is 8.47. The number of carbonyl (C=O) groups is 1. The molecule has 0 aliphatic carbocycles. The van der Waals surface area contributed by atoms with Crippen molar-refractivity contribution in [3.63, 3.8) is 0 Å². The van der Waals surface area contributed by atoms with Gasteiger partial charge in [0.1, 0.15) is 5.78 Å². The second-order valence-corrected chi connectivity index (χ2v) is 4.02. The molecule has 0 saturated heterocycles. The lowest BCUT2D eigenvalue weighted by Crippen LogP contribution is -2.13. The van der Waals surface area contributed by atoms with Gasteiger partial charge in [-0.2, -0.15) is 0 Å². The molecular weight excluding hydrogens is 150 g/mol. The highest BCUT2D eigenvalue weighted by molar-refractivity contribution is 5.78. The second-order valence-electron chi connectivity index (χ2n) is 4.02. The molecule has 12 heavy (non-hydrogen) atoms. The van der Waals surface area contributed by atoms with Crippen molar-refractivity contribution in [1.29, 1.82) is 0 Å². The number of Topliss-reactive ketones (excluding diaryl/α,β-unsaturated/α-hetero) is 1. The van der Waals surface area contributed by atoms with Gasteiger partial charge in [-0.1, -0.05) is 20.8 Å². The third-order valence-electron chi connectivity index (χ3n) is 1.95. The summed E-state index contributed by atoms with van der Waals surface area (Å²) in [6.07, 6.45) is 2.37. The van der Waals surface area contributed by atoms with E-state index < -0.39 is 0 Å². The Hall–Kier alpha value is -0.370. The molecular formula is C10H21NO. The van der Waals surface area contributed by atoms with Gasteiger partial charge < -0.3 is 5.73 Å². The van der Waals surface area contributed by atoms with E-state index in [9.17, 15) is 4.79 Å². The van der Waals surface area contributed by atoms with Gasteiger partial charge >= 0.3 is 0 Å². The highest BCUT2D eigenvalue weighted by Gasteiger charge is 2.07. The quantitative estimate of drug-likeness (QED) is 0.664. The number of hydrogen-bond donors (Lipinski definition) is 1. The van der Waals surface area contributed by atoms with Crippen LogP contribution in [0, 0.1) is 11.8 Å². The first-order valence-electron chi connectivity index (χ1n) is 4.78. The van der Waals surface area contributed by atoms with Crippen LogP contribution in [0.5, 0.6) is 0 Å². The van der Waals surface area contributed by atoms with E-state index in [0.717, 1.165) is 12.8 Å². The maximum Gasteiger partial charge on any atom is 0.133 e. The van der Waals surface area contributed by atoms with E-state index in [0.29, 0.717) is 30.6 Å². The van der Waals surface area contributed by atoms with E-state index >= 15 is 0 Å². The predicted molar refractivity (Wildman–Crippen MR) is 51.9 cm³/mol. The maximum absolute atomic E-state index is 11.2. The fraction of sp³-hybridized carbons (Fsp3) is 0.900. The Kier molecular flexibility index (Phi) is 5.99. The van der Waals surface area contributed by atoms with Crippen LogP contribution < -0.4 is 5.73 Å². The molecule has 0 aliphatic rings. The fourth-order valence-electron chi connectivity index (χ4n) is 1.08. The topological polar surface area (TPSA) is 43.1 Å². The summed E-state index contributed by atoms with van der Waals surface area (Å²) in [5, 5.41) is 0. The first-order chi connectivity index (χ1) is 5.56. The molecule has 0 heterocycles. The Morgan fingerprint density at radius 3 is 2.33 bits per heavy atom. The van der Waals surface area contributed by atoms with Crippen LogP contribution in [0.15, 0.2) is 0 Å². The van der Waals surface area contributed by atoms with E-state index in [1.807, 2.05) is 0 Å². The summed E-state index contributed by atoms with van der Waals surface area (Å²) in [5.41, 5.74) is 5.45. The van der Waals surface area contributed by atoms with Gasteiger partial charge in [-0.15, -0.1) is 0 Å². The molecule has 72 valence electrons. The van der Waals surface area contributed by atoms with Gasteiger partial charge in [-0.3, -0.25) is 4.79 Å². The molecule has 0 aromatic rings. The maximum atomic E-state index is 11.2. The van der Waals surface area contributed by atoms with Crippen molar-refractivity contribution in [2.45, 2.75) is 40.0 Å². The van der Waals surface area contributed by atoms with E-state index in [2.05, 4.69) is 20.8 Å². The minimum absolute atomic E-state index is 0.380. The standard InChI is InChI=1S/C10H21NO/c1-8(2)6-10(12)5-4-9(3)7-11/h8-9H,4-7,11H2,1-3H3. The van der Waals surface area contributed by atoms with Gasteiger partial charge in [0.05, 0.1) is 0 Å². The lowest BCUT2D eigenvalue weighted by Gasteiger charge is -2.07. The van der Waals surface area contributed by atoms with Gasteiger partial charge in [0.15, 0.2) is 0 Å². The highest BCUT2D eigenvalue weighted by Crippen LogP contribution is 2.08. The summed E-state index contributed by atoms with van der Waals surface area (Å²) in [6, 6.07) is 0. The van der Waals surface area contributed by atoms with Crippen LogP contribution in [0.3, 0.4) is 0 Å². The van der Waals surface area contributed by atoms with Gasteiger partial charge in [0, 0.05) is 12.8 Å². The molecule has 0 saturated carbocycles. The second kappa shape index (κ2) is 6.18. The molecule has 0 amide bonds. The molecule has 0 spiro atoms. The number of ketones is 1. The molecule has 0 radical (unpaired) electrons. The van der Waals surface area contributed by atoms with Crippen LogP contribution >= 0.6 is 0 Å². The van der Waals surface area contributed by atoms with E-state index in [1.165, 1.54) is 0 Å². The van der Waals surface area contributed by atoms with Crippen molar-refractivity contribution >= 4 is 5.78 Å². The largest absolute Gasteiger partial charge is 0.330 e. The Morgan fingerprint density at radius 2 is 1.92 bits per heavy atom. The molecule has 0 bridgehead atoms. The van der Waals surface area contributed by atoms with Crippen molar-refractivity contribution in [2.75, 3.05) is 6.54 Å². The summed E-state index contributed by atoms with van der Waals surface area (Å²) >= 11 is 0. The van der Waals surface area contributed by atoms with Crippen LogP contribution in [0.4, 0.5) is 0 Å². The first-order valence-corrected chi connectivity index (χ1v) is 4.78. The van der Waals surface area contributed by atoms with Crippen LogP contribution in [0.2, 0.25) is 0 Å². The minimum Gasteiger partial charge on any atom is -0.330 e. The van der Waals surface area contributed by atoms with Gasteiger partial charge in [0.2, 0.25) is 0 Å². The van der Waals surface area contributed by atoms with Crippen molar-refractivity contribution < 1.29 is 4.79 Å². The summed E-state index contributed by atoms with van der Waals surface area (Å²) < 4.78 is 0. The van der Waals surface area contributed by atoms with Gasteiger partial charge in [-0.05, 0) is 24.8 Å². The monoisotopic (exact) mass is 171 g/mol. The van der Waals surface area contributed by atoms with Crippen LogP contribution in [-0.4, -0.2) is 12.3 Å². The molecule has 2 heteroatoms. The lowest BCUT2D eigenvalue weighted by atomic mass is 9.99. The van der Waals surface area contributed by atoms with Crippen molar-refractivity contribution in [3.05, 3.63) is 0 Å². The third-order valence-corrected chi connectivity index (χ3v) is 1.95. The first kappa shape index (κ1) is 11.6. The van der Waals surface area contributed by atoms with Crippen molar-refractivity contribution in [3.8, 4) is 0 Å². The molecule has 0 aromatic carbocycles. The zero-order valence-electron chi connectivity index (χ0n) is 8.47. The molecule has 2 N–H and O–H groups in total. The SMILES string of the molecule is CC(C)CC(=O)CCC(C)CN. The van der Waals surface area contributed by atoms with Crippen molar-refractivity contribution in [1.82, 2.24) is 0 Å². The number of hydrogen-bond acceptors (Lipinski definition) is 2. The zero-order chi connectivity index (χ0) is 9.56. The average molecular weight is 171 g/mol. The van der Waals surface area contributed by atoms with E-state index in [1.54, 1.807) is 0 Å². The third kappa shape index (κ3) is 6.35. The predicted octanol–water partition coefficient (Wildman–Crippen LogP) is 1.98. The summed E-state index contributed by atoms with van der Waals surface area (Å²) in [5.74, 6) is 1.36. The summed E-state index contributed by atoms with van der Waals surface area (Å²) in [7, 11) is 0. The van der Waals surface area contributed by atoms with E-state index in [-0.39, 0.29) is 0 Å². The Labute approximate surface area is 75.5 Å². The van der Waals surface area contributed by atoms with Crippen molar-refractivity contribution in [2.24, 2.45) is 17.6 Å². The van der Waals surface area contributed by atoms with Crippen LogP contribution in [0.25, 0.3) is 0 Å². The molecule has 1 unspecified atom stereocenters. The molecule has 0 aromatic heterocycles. The summed E-state index contributed by atoms with van der Waals surface area (Å²) in [6.45, 7) is 6.92. The average Bonchev–Trinajstić information content (AvgIpc) is 1.99. The Bertz CT molecular complexity index is 132. The normalized spacial score (nSPS) is 13.4. The molecule has 0 rings (SSSR count). The molecule has 0 aliphatic heterocycles. The number of rotatable bonds is 6. The van der Waals surface area contributed by atoms with Gasteiger partial charge in [0.25, 0.3) is 0 Å². The Balaban J connectivity index is 3.44.